The highest BCUT2D eigenvalue weighted by Crippen LogP contribution is 2.27. The Morgan fingerprint density at radius 3 is 2.40 bits per heavy atom. The third-order valence-corrected chi connectivity index (χ3v) is 2.94. The molecule has 15 heavy (non-hydrogen) atoms. The lowest BCUT2D eigenvalue weighted by Gasteiger charge is -2.15. The van der Waals surface area contributed by atoms with Gasteiger partial charge in [-0.05, 0) is 30.5 Å². The lowest BCUT2D eigenvalue weighted by Crippen LogP contribution is -2.01. The molecule has 0 saturated carbocycles. The van der Waals surface area contributed by atoms with E-state index in [2.05, 4.69) is 48.9 Å². The molecule has 0 bridgehead atoms. The first kappa shape index (κ1) is 9.97. The molecule has 2 rings (SSSR count). The van der Waals surface area contributed by atoms with Gasteiger partial charge in [-0.2, -0.15) is 0 Å². The van der Waals surface area contributed by atoms with Gasteiger partial charge >= 0.3 is 0 Å². The summed E-state index contributed by atoms with van der Waals surface area (Å²) in [6.07, 6.45) is 3.70. The average Bonchev–Trinajstić information content (AvgIpc) is 2.69. The maximum Gasteiger partial charge on any atom is 0.0923 e. The van der Waals surface area contributed by atoms with Gasteiger partial charge in [0, 0.05) is 12.1 Å². The van der Waals surface area contributed by atoms with Gasteiger partial charge < -0.3 is 4.98 Å². The largest absolute Gasteiger partial charge is 0.351 e. The van der Waals surface area contributed by atoms with E-state index in [9.17, 15) is 0 Å². The molecular weight excluding hydrogens is 184 g/mol. The first-order valence-corrected chi connectivity index (χ1v) is 5.25. The summed E-state index contributed by atoms with van der Waals surface area (Å²) >= 11 is 0. The summed E-state index contributed by atoms with van der Waals surface area (Å²) in [7, 11) is 0. The highest BCUT2D eigenvalue weighted by atomic mass is 14.9. The van der Waals surface area contributed by atoms with E-state index >= 15 is 0 Å². The van der Waals surface area contributed by atoms with Crippen molar-refractivity contribution >= 4 is 0 Å². The SMILES string of the molecule is Cc1cccc(C)c1C(C)c1c[nH]cn1. The quantitative estimate of drug-likeness (QED) is 0.792. The first-order valence-electron chi connectivity index (χ1n) is 5.25. The van der Waals surface area contributed by atoms with Gasteiger partial charge in [0.15, 0.2) is 0 Å². The summed E-state index contributed by atoms with van der Waals surface area (Å²) in [6.45, 7) is 6.52. The van der Waals surface area contributed by atoms with E-state index in [4.69, 9.17) is 0 Å². The minimum absolute atomic E-state index is 0.359. The Balaban J connectivity index is 2.46. The smallest absolute Gasteiger partial charge is 0.0923 e. The fourth-order valence-corrected chi connectivity index (χ4v) is 2.17. The Bertz CT molecular complexity index is 423. The predicted octanol–water partition coefficient (Wildman–Crippen LogP) is 3.18. The standard InChI is InChI=1S/C13H16N2/c1-9-5-4-6-10(2)13(9)11(3)12-7-14-8-15-12/h4-8,11H,1-3H3,(H,14,15). The normalized spacial score (nSPS) is 12.7. The van der Waals surface area contributed by atoms with Gasteiger partial charge in [0.1, 0.15) is 0 Å². The molecule has 78 valence electrons. The van der Waals surface area contributed by atoms with Gasteiger partial charge in [-0.1, -0.05) is 25.1 Å². The molecule has 0 aliphatic heterocycles. The molecule has 0 fully saturated rings. The number of rotatable bonds is 2. The van der Waals surface area contributed by atoms with Crippen LogP contribution in [0, 0.1) is 13.8 Å². The van der Waals surface area contributed by atoms with Gasteiger partial charge in [0.05, 0.1) is 12.0 Å². The van der Waals surface area contributed by atoms with Gasteiger partial charge in [0.25, 0.3) is 0 Å². The van der Waals surface area contributed by atoms with E-state index in [1.807, 2.05) is 6.20 Å². The second kappa shape index (κ2) is 3.89. The fraction of sp³-hybridized carbons (Fsp3) is 0.308. The van der Waals surface area contributed by atoms with E-state index < -0.39 is 0 Å². The first-order chi connectivity index (χ1) is 7.20. The third kappa shape index (κ3) is 1.80. The number of aryl methyl sites for hydroxylation is 2. The Hall–Kier alpha value is -1.57. The van der Waals surface area contributed by atoms with Crippen LogP contribution >= 0.6 is 0 Å². The molecule has 1 aromatic heterocycles. The molecule has 0 aliphatic carbocycles. The second-order valence-electron chi connectivity index (χ2n) is 4.02. The van der Waals surface area contributed by atoms with E-state index in [0.717, 1.165) is 5.69 Å². The molecule has 1 N–H and O–H groups in total. The summed E-state index contributed by atoms with van der Waals surface area (Å²) < 4.78 is 0. The molecule has 2 heteroatoms. The van der Waals surface area contributed by atoms with Crippen LogP contribution in [0.25, 0.3) is 0 Å². The molecule has 0 spiro atoms. The van der Waals surface area contributed by atoms with Crippen LogP contribution < -0.4 is 0 Å². The van der Waals surface area contributed by atoms with Crippen LogP contribution in [0.4, 0.5) is 0 Å². The molecule has 2 nitrogen and oxygen atoms in total. The van der Waals surface area contributed by atoms with Crippen molar-refractivity contribution < 1.29 is 0 Å². The molecule has 0 saturated heterocycles. The van der Waals surface area contributed by atoms with Crippen LogP contribution in [0.15, 0.2) is 30.7 Å². The van der Waals surface area contributed by atoms with E-state index in [1.165, 1.54) is 16.7 Å². The number of hydrogen-bond donors (Lipinski definition) is 1. The van der Waals surface area contributed by atoms with Crippen molar-refractivity contribution in [2.24, 2.45) is 0 Å². The van der Waals surface area contributed by atoms with Crippen LogP contribution in [0.3, 0.4) is 0 Å². The lowest BCUT2D eigenvalue weighted by atomic mass is 9.90. The molecule has 0 radical (unpaired) electrons. The molecule has 2 aromatic rings. The molecule has 0 amide bonds. The number of aromatic amines is 1. The highest BCUT2D eigenvalue weighted by molar-refractivity contribution is 5.39. The lowest BCUT2D eigenvalue weighted by molar-refractivity contribution is 0.863. The predicted molar refractivity (Wildman–Crippen MR) is 62.0 cm³/mol. The molecule has 1 aromatic carbocycles. The minimum Gasteiger partial charge on any atom is -0.351 e. The van der Waals surface area contributed by atoms with E-state index in [-0.39, 0.29) is 0 Å². The van der Waals surface area contributed by atoms with Crippen molar-refractivity contribution in [2.75, 3.05) is 0 Å². The zero-order chi connectivity index (χ0) is 10.8. The second-order valence-corrected chi connectivity index (χ2v) is 4.02. The number of nitrogens with zero attached hydrogens (tertiary/aromatic N) is 1. The van der Waals surface area contributed by atoms with Crippen LogP contribution in [-0.4, -0.2) is 9.97 Å². The fourth-order valence-electron chi connectivity index (χ4n) is 2.17. The van der Waals surface area contributed by atoms with Crippen molar-refractivity contribution in [3.05, 3.63) is 53.1 Å². The van der Waals surface area contributed by atoms with Gasteiger partial charge in [-0.3, -0.25) is 0 Å². The average molecular weight is 200 g/mol. The molecular formula is C13H16N2. The number of hydrogen-bond acceptors (Lipinski definition) is 1. The van der Waals surface area contributed by atoms with Gasteiger partial charge in [-0.15, -0.1) is 0 Å². The van der Waals surface area contributed by atoms with Crippen LogP contribution in [0.5, 0.6) is 0 Å². The minimum atomic E-state index is 0.359. The summed E-state index contributed by atoms with van der Waals surface area (Å²) in [6, 6.07) is 6.42. The zero-order valence-electron chi connectivity index (χ0n) is 9.41. The van der Waals surface area contributed by atoms with Crippen molar-refractivity contribution in [3.8, 4) is 0 Å². The van der Waals surface area contributed by atoms with Crippen molar-refractivity contribution in [3.63, 3.8) is 0 Å². The number of aromatic nitrogens is 2. The Morgan fingerprint density at radius 1 is 1.20 bits per heavy atom. The van der Waals surface area contributed by atoms with Gasteiger partial charge in [-0.25, -0.2) is 4.98 Å². The van der Waals surface area contributed by atoms with Crippen LogP contribution in [-0.2, 0) is 0 Å². The van der Waals surface area contributed by atoms with E-state index in [1.54, 1.807) is 6.33 Å². The zero-order valence-corrected chi connectivity index (χ0v) is 9.41. The monoisotopic (exact) mass is 200 g/mol. The third-order valence-electron chi connectivity index (χ3n) is 2.94. The molecule has 0 aliphatic rings. The number of nitrogens with one attached hydrogen (secondary N) is 1. The summed E-state index contributed by atoms with van der Waals surface area (Å²) in [5.74, 6) is 0.359. The van der Waals surface area contributed by atoms with Crippen molar-refractivity contribution in [1.29, 1.82) is 0 Å². The Labute approximate surface area is 90.4 Å². The highest BCUT2D eigenvalue weighted by Gasteiger charge is 2.14. The summed E-state index contributed by atoms with van der Waals surface area (Å²) in [4.78, 5) is 7.33. The molecule has 1 unspecified atom stereocenters. The van der Waals surface area contributed by atoms with Crippen LogP contribution in [0.2, 0.25) is 0 Å². The number of benzene rings is 1. The van der Waals surface area contributed by atoms with Gasteiger partial charge in [0.2, 0.25) is 0 Å². The maximum absolute atomic E-state index is 4.32. The van der Waals surface area contributed by atoms with Crippen molar-refractivity contribution in [2.45, 2.75) is 26.7 Å². The number of H-pyrrole nitrogens is 1. The molecule has 1 atom stereocenters. The Kier molecular flexibility index (Phi) is 2.58. The van der Waals surface area contributed by atoms with Crippen LogP contribution in [0.1, 0.15) is 35.2 Å². The number of imidazole rings is 1. The Morgan fingerprint density at radius 2 is 1.87 bits per heavy atom. The van der Waals surface area contributed by atoms with Crippen molar-refractivity contribution in [1.82, 2.24) is 9.97 Å². The van der Waals surface area contributed by atoms with E-state index in [0.29, 0.717) is 5.92 Å². The summed E-state index contributed by atoms with van der Waals surface area (Å²) in [5, 5.41) is 0. The maximum atomic E-state index is 4.32. The summed E-state index contributed by atoms with van der Waals surface area (Å²) in [5.41, 5.74) is 5.17. The topological polar surface area (TPSA) is 28.7 Å². The molecule has 1 heterocycles.